The van der Waals surface area contributed by atoms with Crippen LogP contribution in [-0.4, -0.2) is 22.5 Å². The summed E-state index contributed by atoms with van der Waals surface area (Å²) in [5, 5.41) is 12.4. The van der Waals surface area contributed by atoms with Gasteiger partial charge in [0.1, 0.15) is 17.5 Å². The van der Waals surface area contributed by atoms with E-state index in [1.54, 1.807) is 42.5 Å². The summed E-state index contributed by atoms with van der Waals surface area (Å²) in [5.41, 5.74) is 0.0226. The minimum Gasteiger partial charge on any atom is -0.465 e. The molecular weight excluding hydrogens is 397 g/mol. The van der Waals surface area contributed by atoms with Crippen LogP contribution in [0.4, 0.5) is 24.7 Å². The van der Waals surface area contributed by atoms with Crippen LogP contribution in [-0.2, 0) is 10.9 Å². The molecule has 30 heavy (non-hydrogen) atoms. The minimum absolute atomic E-state index is 0.0795. The Kier molecular flexibility index (Phi) is 4.54. The highest BCUT2D eigenvalue weighted by atomic mass is 19.4. The summed E-state index contributed by atoms with van der Waals surface area (Å²) in [4.78, 5) is 15.8. The number of halogens is 3. The first-order chi connectivity index (χ1) is 14.3. The smallest absolute Gasteiger partial charge is 0.417 e. The van der Waals surface area contributed by atoms with Crippen molar-refractivity contribution in [2.45, 2.75) is 6.18 Å². The fourth-order valence-corrected chi connectivity index (χ4v) is 3.21. The number of esters is 1. The van der Waals surface area contributed by atoms with Crippen molar-refractivity contribution in [2.24, 2.45) is 0 Å². The molecule has 0 saturated heterocycles. The number of ether oxygens (including phenoxy) is 1. The predicted molar refractivity (Wildman–Crippen MR) is 103 cm³/mol. The van der Waals surface area contributed by atoms with Crippen molar-refractivity contribution in [1.82, 2.24) is 9.38 Å². The molecule has 1 N–H and O–H groups in total. The van der Waals surface area contributed by atoms with E-state index in [9.17, 15) is 23.2 Å². The van der Waals surface area contributed by atoms with Crippen molar-refractivity contribution in [3.63, 3.8) is 0 Å². The third-order valence-electron chi connectivity index (χ3n) is 4.57. The van der Waals surface area contributed by atoms with Gasteiger partial charge in [-0.1, -0.05) is 12.1 Å². The second kappa shape index (κ2) is 7.08. The summed E-state index contributed by atoms with van der Waals surface area (Å²) >= 11 is 0. The maximum absolute atomic E-state index is 13.7. The molecule has 4 rings (SSSR count). The summed E-state index contributed by atoms with van der Waals surface area (Å²) in [6.45, 7) is 0. The summed E-state index contributed by atoms with van der Waals surface area (Å²) < 4.78 is 47.1. The van der Waals surface area contributed by atoms with Crippen molar-refractivity contribution in [3.05, 3.63) is 71.3 Å². The lowest BCUT2D eigenvalue weighted by Crippen LogP contribution is -2.12. The lowest BCUT2D eigenvalue weighted by atomic mass is 10.1. The Morgan fingerprint density at radius 2 is 1.87 bits per heavy atom. The number of fused-ring (bicyclic) bond motifs is 3. The Morgan fingerprint density at radius 1 is 1.17 bits per heavy atom. The number of para-hydroxylation sites is 2. The monoisotopic (exact) mass is 410 g/mol. The van der Waals surface area contributed by atoms with E-state index in [4.69, 9.17) is 0 Å². The van der Waals surface area contributed by atoms with Crippen LogP contribution in [0.25, 0.3) is 16.7 Å². The average Bonchev–Trinajstić information content (AvgIpc) is 3.12. The zero-order valence-electron chi connectivity index (χ0n) is 15.5. The molecule has 2 heterocycles. The number of alkyl halides is 3. The fraction of sp³-hybridized carbons (Fsp3) is 0.0952. The van der Waals surface area contributed by atoms with Crippen molar-refractivity contribution < 1.29 is 22.7 Å². The molecule has 6 nitrogen and oxygen atoms in total. The van der Waals surface area contributed by atoms with E-state index in [-0.39, 0.29) is 11.5 Å². The Labute approximate surface area is 168 Å². The molecule has 0 radical (unpaired) electrons. The SMILES string of the molecule is COC(=O)c1ccc(Nc2cc(C(F)(F)F)c(C#N)c3nc4ccccc4n23)cc1. The number of anilines is 2. The van der Waals surface area contributed by atoms with Gasteiger partial charge in [0, 0.05) is 5.69 Å². The lowest BCUT2D eigenvalue weighted by Gasteiger charge is -2.15. The number of nitrogens with zero attached hydrogens (tertiary/aromatic N) is 3. The number of nitrogens with one attached hydrogen (secondary N) is 1. The van der Waals surface area contributed by atoms with Crippen LogP contribution in [0, 0.1) is 11.3 Å². The molecule has 4 aromatic rings. The molecule has 0 fully saturated rings. The molecule has 0 bridgehead atoms. The number of rotatable bonds is 3. The van der Waals surface area contributed by atoms with Crippen LogP contribution in [0.2, 0.25) is 0 Å². The highest BCUT2D eigenvalue weighted by molar-refractivity contribution is 5.90. The first kappa shape index (κ1) is 19.3. The van der Waals surface area contributed by atoms with Gasteiger partial charge < -0.3 is 10.1 Å². The molecule has 0 spiro atoms. The average molecular weight is 410 g/mol. The highest BCUT2D eigenvalue weighted by Crippen LogP contribution is 2.37. The van der Waals surface area contributed by atoms with Gasteiger partial charge in [0.15, 0.2) is 5.65 Å². The zero-order chi connectivity index (χ0) is 21.5. The van der Waals surface area contributed by atoms with Gasteiger partial charge in [-0.15, -0.1) is 0 Å². The molecule has 0 atom stereocenters. The molecule has 150 valence electrons. The Hall–Kier alpha value is -4.06. The quantitative estimate of drug-likeness (QED) is 0.486. The normalized spacial score (nSPS) is 11.4. The zero-order valence-corrected chi connectivity index (χ0v) is 15.5. The number of benzene rings is 2. The van der Waals surface area contributed by atoms with Gasteiger partial charge in [-0.25, -0.2) is 9.78 Å². The number of imidazole rings is 1. The largest absolute Gasteiger partial charge is 0.465 e. The number of hydrogen-bond donors (Lipinski definition) is 1. The van der Waals surface area contributed by atoms with E-state index < -0.39 is 23.3 Å². The number of methoxy groups -OCH3 is 1. The predicted octanol–water partition coefficient (Wildman–Crippen LogP) is 4.91. The van der Waals surface area contributed by atoms with Gasteiger partial charge in [-0.05, 0) is 42.5 Å². The number of hydrogen-bond acceptors (Lipinski definition) is 5. The highest BCUT2D eigenvalue weighted by Gasteiger charge is 2.36. The Morgan fingerprint density at radius 3 is 2.50 bits per heavy atom. The van der Waals surface area contributed by atoms with Crippen molar-refractivity contribution in [2.75, 3.05) is 12.4 Å². The number of pyridine rings is 1. The van der Waals surface area contributed by atoms with Gasteiger partial charge in [0.05, 0.1) is 29.3 Å². The molecular formula is C21H13F3N4O2. The van der Waals surface area contributed by atoms with E-state index in [2.05, 4.69) is 15.0 Å². The van der Waals surface area contributed by atoms with Crippen LogP contribution in [0.5, 0.6) is 0 Å². The summed E-state index contributed by atoms with van der Waals surface area (Å²) in [7, 11) is 1.25. The summed E-state index contributed by atoms with van der Waals surface area (Å²) in [6.07, 6.45) is -4.74. The van der Waals surface area contributed by atoms with E-state index in [0.717, 1.165) is 6.07 Å². The van der Waals surface area contributed by atoms with Gasteiger partial charge in [-0.3, -0.25) is 4.40 Å². The molecule has 9 heteroatoms. The molecule has 2 aromatic heterocycles. The van der Waals surface area contributed by atoms with E-state index in [0.29, 0.717) is 22.3 Å². The maximum Gasteiger partial charge on any atom is 0.417 e. The van der Waals surface area contributed by atoms with Crippen molar-refractivity contribution >= 4 is 34.2 Å². The van der Waals surface area contributed by atoms with Gasteiger partial charge >= 0.3 is 12.1 Å². The van der Waals surface area contributed by atoms with Gasteiger partial charge in [0.25, 0.3) is 0 Å². The van der Waals surface area contributed by atoms with E-state index >= 15 is 0 Å². The number of nitriles is 1. The first-order valence-electron chi connectivity index (χ1n) is 8.70. The molecule has 0 unspecified atom stereocenters. The number of carbonyl (C=O) groups is 1. The second-order valence-corrected chi connectivity index (χ2v) is 6.38. The molecule has 0 saturated carbocycles. The number of aromatic nitrogens is 2. The first-order valence-corrected chi connectivity index (χ1v) is 8.70. The van der Waals surface area contributed by atoms with E-state index in [1.165, 1.54) is 23.6 Å². The Bertz CT molecular complexity index is 1320. The standard InChI is InChI=1S/C21H13F3N4O2/c1-30-20(29)12-6-8-13(9-7-12)26-18-10-15(21(22,23)24)14(11-25)19-27-16-4-2-3-5-17(16)28(18)19/h2-10,26H,1H3. The van der Waals surface area contributed by atoms with Crippen LogP contribution in [0.3, 0.4) is 0 Å². The molecule has 2 aromatic carbocycles. The Balaban J connectivity index is 1.94. The second-order valence-electron chi connectivity index (χ2n) is 6.38. The third-order valence-corrected chi connectivity index (χ3v) is 4.57. The lowest BCUT2D eigenvalue weighted by molar-refractivity contribution is -0.137. The van der Waals surface area contributed by atoms with E-state index in [1.807, 2.05) is 0 Å². The van der Waals surface area contributed by atoms with Crippen LogP contribution < -0.4 is 5.32 Å². The molecule has 0 aliphatic carbocycles. The summed E-state index contributed by atoms with van der Waals surface area (Å²) in [6, 6.07) is 15.4. The van der Waals surface area contributed by atoms with Gasteiger partial charge in [-0.2, -0.15) is 18.4 Å². The van der Waals surface area contributed by atoms with Crippen LogP contribution in [0.1, 0.15) is 21.5 Å². The fourth-order valence-electron chi connectivity index (χ4n) is 3.21. The van der Waals surface area contributed by atoms with Crippen molar-refractivity contribution in [3.8, 4) is 6.07 Å². The minimum atomic E-state index is -4.74. The topological polar surface area (TPSA) is 79.4 Å². The van der Waals surface area contributed by atoms with Crippen LogP contribution >= 0.6 is 0 Å². The van der Waals surface area contributed by atoms with Crippen LogP contribution in [0.15, 0.2) is 54.6 Å². The third kappa shape index (κ3) is 3.18. The molecule has 0 aliphatic rings. The number of carbonyl (C=O) groups excluding carboxylic acids is 1. The maximum atomic E-state index is 13.7. The molecule has 0 aliphatic heterocycles. The van der Waals surface area contributed by atoms with Gasteiger partial charge in [0.2, 0.25) is 0 Å². The van der Waals surface area contributed by atoms with Crippen molar-refractivity contribution in [1.29, 1.82) is 5.26 Å². The summed E-state index contributed by atoms with van der Waals surface area (Å²) in [5.74, 6) is -0.446. The molecule has 0 amide bonds.